The third-order valence-electron chi connectivity index (χ3n) is 2.90. The molecule has 0 aromatic carbocycles. The van der Waals surface area contributed by atoms with Gasteiger partial charge in [-0.2, -0.15) is 0 Å². The molecule has 1 aliphatic heterocycles. The van der Waals surface area contributed by atoms with Gasteiger partial charge in [0.05, 0.1) is 24.4 Å². The first-order valence-electron chi connectivity index (χ1n) is 3.64. The summed E-state index contributed by atoms with van der Waals surface area (Å²) in [6.45, 7) is 2.25. The molecule has 10 heavy (non-hydrogen) atoms. The first-order valence-corrected chi connectivity index (χ1v) is 3.64. The van der Waals surface area contributed by atoms with E-state index >= 15 is 0 Å². The molecule has 0 spiro atoms. The van der Waals surface area contributed by atoms with Crippen LogP contribution in [0.25, 0.3) is 0 Å². The highest BCUT2D eigenvalue weighted by molar-refractivity contribution is 5.08. The van der Waals surface area contributed by atoms with Gasteiger partial charge < -0.3 is 14.9 Å². The maximum Gasteiger partial charge on any atom is 0.0968 e. The van der Waals surface area contributed by atoms with Gasteiger partial charge in [0.2, 0.25) is 0 Å². The zero-order chi connectivity index (χ0) is 7.35. The Morgan fingerprint density at radius 2 is 2.20 bits per heavy atom. The molecular formula is C7H12O3. The monoisotopic (exact) mass is 144 g/mol. The maximum absolute atomic E-state index is 9.27. The summed E-state index contributed by atoms with van der Waals surface area (Å²) >= 11 is 0. The lowest BCUT2D eigenvalue weighted by Gasteiger charge is -2.46. The lowest BCUT2D eigenvalue weighted by atomic mass is 9.67. The van der Waals surface area contributed by atoms with E-state index in [0.717, 1.165) is 0 Å². The first-order chi connectivity index (χ1) is 4.64. The minimum Gasteiger partial charge on any atom is -0.390 e. The van der Waals surface area contributed by atoms with E-state index in [1.807, 2.05) is 6.92 Å². The predicted octanol–water partition coefficient (Wildman–Crippen LogP) is -0.483. The molecule has 58 valence electrons. The van der Waals surface area contributed by atoms with Gasteiger partial charge >= 0.3 is 0 Å². The van der Waals surface area contributed by atoms with Crippen LogP contribution in [0.2, 0.25) is 0 Å². The van der Waals surface area contributed by atoms with Crippen LogP contribution in [-0.4, -0.2) is 34.6 Å². The second kappa shape index (κ2) is 1.72. The van der Waals surface area contributed by atoms with Gasteiger partial charge in [-0.25, -0.2) is 0 Å². The van der Waals surface area contributed by atoms with Crippen molar-refractivity contribution < 1.29 is 14.9 Å². The second-order valence-electron chi connectivity index (χ2n) is 3.42. The van der Waals surface area contributed by atoms with Gasteiger partial charge in [0.1, 0.15) is 0 Å². The van der Waals surface area contributed by atoms with Crippen molar-refractivity contribution in [1.82, 2.24) is 0 Å². The summed E-state index contributed by atoms with van der Waals surface area (Å²) in [6, 6.07) is 0. The summed E-state index contributed by atoms with van der Waals surface area (Å²) in [5.41, 5.74) is -0.431. The SMILES string of the molecule is C[C@@]12OC[C@H](O)[C@@H]1C[C@H]2O. The number of hydrogen-bond donors (Lipinski definition) is 2. The summed E-state index contributed by atoms with van der Waals surface area (Å²) < 4.78 is 5.26. The zero-order valence-corrected chi connectivity index (χ0v) is 5.95. The Morgan fingerprint density at radius 3 is 2.60 bits per heavy atom. The average molecular weight is 144 g/mol. The maximum atomic E-state index is 9.27. The van der Waals surface area contributed by atoms with E-state index in [0.29, 0.717) is 13.0 Å². The van der Waals surface area contributed by atoms with E-state index in [9.17, 15) is 10.2 Å². The lowest BCUT2D eigenvalue weighted by Crippen LogP contribution is -2.57. The summed E-state index contributed by atoms with van der Waals surface area (Å²) in [6.07, 6.45) is -0.0273. The Kier molecular flexibility index (Phi) is 1.14. The fraction of sp³-hybridized carbons (Fsp3) is 1.00. The van der Waals surface area contributed by atoms with Crippen molar-refractivity contribution in [2.75, 3.05) is 6.61 Å². The van der Waals surface area contributed by atoms with Crippen molar-refractivity contribution in [2.45, 2.75) is 31.2 Å². The van der Waals surface area contributed by atoms with Crippen molar-refractivity contribution in [3.8, 4) is 0 Å². The third-order valence-corrected chi connectivity index (χ3v) is 2.90. The number of aliphatic hydroxyl groups is 2. The molecule has 0 aromatic heterocycles. The summed E-state index contributed by atoms with van der Waals surface area (Å²) in [5, 5.41) is 18.5. The largest absolute Gasteiger partial charge is 0.390 e. The van der Waals surface area contributed by atoms with Crippen LogP contribution in [-0.2, 0) is 4.74 Å². The van der Waals surface area contributed by atoms with Crippen LogP contribution in [0, 0.1) is 5.92 Å². The average Bonchev–Trinajstić information content (AvgIpc) is 2.13. The topological polar surface area (TPSA) is 49.7 Å². The fourth-order valence-electron chi connectivity index (χ4n) is 1.92. The molecule has 0 unspecified atom stereocenters. The Balaban J connectivity index is 2.16. The number of rotatable bonds is 0. The normalized spacial score (nSPS) is 59.7. The summed E-state index contributed by atoms with van der Waals surface area (Å²) in [5.74, 6) is 0.169. The van der Waals surface area contributed by atoms with Gasteiger partial charge in [0.15, 0.2) is 0 Å². The smallest absolute Gasteiger partial charge is 0.0968 e. The summed E-state index contributed by atoms with van der Waals surface area (Å²) in [7, 11) is 0. The Hall–Kier alpha value is -0.120. The number of hydrogen-bond acceptors (Lipinski definition) is 3. The van der Waals surface area contributed by atoms with Crippen LogP contribution >= 0.6 is 0 Å². The van der Waals surface area contributed by atoms with Crippen molar-refractivity contribution in [2.24, 2.45) is 5.92 Å². The molecule has 0 bridgehead atoms. The molecule has 0 aromatic rings. The molecule has 2 N–H and O–H groups in total. The highest BCUT2D eigenvalue weighted by Gasteiger charge is 2.59. The van der Waals surface area contributed by atoms with Crippen molar-refractivity contribution in [1.29, 1.82) is 0 Å². The predicted molar refractivity (Wildman–Crippen MR) is 34.5 cm³/mol. The van der Waals surface area contributed by atoms with E-state index in [1.54, 1.807) is 0 Å². The fourth-order valence-corrected chi connectivity index (χ4v) is 1.92. The van der Waals surface area contributed by atoms with E-state index in [4.69, 9.17) is 4.74 Å². The Labute approximate surface area is 59.6 Å². The molecule has 1 saturated carbocycles. The zero-order valence-electron chi connectivity index (χ0n) is 5.95. The Bertz CT molecular complexity index is 159. The molecule has 3 heteroatoms. The van der Waals surface area contributed by atoms with Gasteiger partial charge in [-0.3, -0.25) is 0 Å². The highest BCUT2D eigenvalue weighted by Crippen LogP contribution is 2.48. The highest BCUT2D eigenvalue weighted by atomic mass is 16.5. The standard InChI is InChI=1S/C7H12O3/c1-7-4(2-6(7)9)5(8)3-10-7/h4-6,8-9H,2-3H2,1H3/t4-,5-,6+,7+/m0/s1. The molecule has 2 fully saturated rings. The van der Waals surface area contributed by atoms with Crippen molar-refractivity contribution in [3.63, 3.8) is 0 Å². The van der Waals surface area contributed by atoms with Crippen LogP contribution in [0.3, 0.4) is 0 Å². The molecule has 4 atom stereocenters. The van der Waals surface area contributed by atoms with Gasteiger partial charge in [-0.15, -0.1) is 0 Å². The molecule has 1 saturated heterocycles. The molecule has 0 radical (unpaired) electrons. The second-order valence-corrected chi connectivity index (χ2v) is 3.42. The minimum absolute atomic E-state index is 0.169. The molecule has 1 heterocycles. The molecule has 0 amide bonds. The van der Waals surface area contributed by atoms with Crippen LogP contribution in [0.4, 0.5) is 0 Å². The quantitative estimate of drug-likeness (QED) is 0.482. The minimum atomic E-state index is -0.431. The molecular weight excluding hydrogens is 132 g/mol. The third kappa shape index (κ3) is 0.557. The van der Waals surface area contributed by atoms with Gasteiger partial charge in [-0.05, 0) is 13.3 Å². The molecule has 2 aliphatic rings. The van der Waals surface area contributed by atoms with E-state index in [2.05, 4.69) is 0 Å². The van der Waals surface area contributed by atoms with Crippen LogP contribution in [0.15, 0.2) is 0 Å². The van der Waals surface area contributed by atoms with Gasteiger partial charge in [0, 0.05) is 5.92 Å². The number of ether oxygens (including phenoxy) is 1. The molecule has 1 aliphatic carbocycles. The summed E-state index contributed by atoms with van der Waals surface area (Å²) in [4.78, 5) is 0. The van der Waals surface area contributed by atoms with E-state index in [-0.39, 0.29) is 18.1 Å². The van der Waals surface area contributed by atoms with Crippen LogP contribution in [0.5, 0.6) is 0 Å². The van der Waals surface area contributed by atoms with Crippen LogP contribution < -0.4 is 0 Å². The van der Waals surface area contributed by atoms with E-state index < -0.39 is 5.60 Å². The number of fused-ring (bicyclic) bond motifs is 1. The first kappa shape index (κ1) is 6.58. The van der Waals surface area contributed by atoms with Crippen molar-refractivity contribution in [3.05, 3.63) is 0 Å². The van der Waals surface area contributed by atoms with E-state index in [1.165, 1.54) is 0 Å². The van der Waals surface area contributed by atoms with Crippen LogP contribution in [0.1, 0.15) is 13.3 Å². The molecule has 2 rings (SSSR count). The van der Waals surface area contributed by atoms with Gasteiger partial charge in [0.25, 0.3) is 0 Å². The number of aliphatic hydroxyl groups excluding tert-OH is 2. The van der Waals surface area contributed by atoms with Gasteiger partial charge in [-0.1, -0.05) is 0 Å². The lowest BCUT2D eigenvalue weighted by molar-refractivity contribution is -0.168. The van der Waals surface area contributed by atoms with Crippen molar-refractivity contribution >= 4 is 0 Å². The Morgan fingerprint density at radius 1 is 1.50 bits per heavy atom. The molecule has 3 nitrogen and oxygen atoms in total.